The summed E-state index contributed by atoms with van der Waals surface area (Å²) >= 11 is 0. The number of nitrogens with zero attached hydrogens (tertiary/aromatic N) is 2. The summed E-state index contributed by atoms with van der Waals surface area (Å²) in [4.78, 5) is 30.4. The predicted molar refractivity (Wildman–Crippen MR) is 108 cm³/mol. The average molecular weight is 452 g/mol. The number of carboxylic acids is 1. The number of carbonyl (C=O) groups is 2. The van der Waals surface area contributed by atoms with Crippen LogP contribution in [0.1, 0.15) is 35.8 Å². The third-order valence-electron chi connectivity index (χ3n) is 5.40. The number of piperidine rings is 1. The van der Waals surface area contributed by atoms with Crippen molar-refractivity contribution in [1.82, 2.24) is 20.6 Å². The fourth-order valence-electron chi connectivity index (χ4n) is 3.83. The van der Waals surface area contributed by atoms with Crippen LogP contribution in [-0.4, -0.2) is 59.4 Å². The molecule has 4 heterocycles. The number of ether oxygens (including phenoxy) is 1. The van der Waals surface area contributed by atoms with Gasteiger partial charge in [-0.25, -0.2) is 14.8 Å². The lowest BCUT2D eigenvalue weighted by molar-refractivity contribution is -0.192. The highest BCUT2D eigenvalue weighted by molar-refractivity contribution is 5.96. The molecule has 0 aliphatic carbocycles. The molecule has 1 spiro atoms. The molecule has 3 N–H and O–H groups in total. The number of carbonyl (C=O) groups excluding carboxylic acids is 1. The van der Waals surface area contributed by atoms with Gasteiger partial charge < -0.3 is 20.5 Å². The van der Waals surface area contributed by atoms with E-state index in [9.17, 15) is 18.0 Å². The molecule has 0 radical (unpaired) electrons. The molecule has 0 unspecified atom stereocenters. The minimum absolute atomic E-state index is 0.00227. The number of halogens is 3. The van der Waals surface area contributed by atoms with Crippen LogP contribution in [0.2, 0.25) is 0 Å². The van der Waals surface area contributed by atoms with E-state index in [1.807, 2.05) is 25.1 Å². The van der Waals surface area contributed by atoms with Crippen molar-refractivity contribution >= 4 is 11.9 Å². The molecular formula is C21H23F3N4O4. The van der Waals surface area contributed by atoms with Gasteiger partial charge in [0.25, 0.3) is 5.91 Å². The van der Waals surface area contributed by atoms with Crippen LogP contribution in [-0.2, 0) is 10.2 Å². The van der Waals surface area contributed by atoms with Gasteiger partial charge in [0.15, 0.2) is 0 Å². The molecule has 1 amide bonds. The number of alkyl halides is 3. The summed E-state index contributed by atoms with van der Waals surface area (Å²) in [7, 11) is 0. The third-order valence-corrected chi connectivity index (χ3v) is 5.40. The molecule has 172 valence electrons. The molecule has 4 rings (SSSR count). The van der Waals surface area contributed by atoms with Gasteiger partial charge >= 0.3 is 12.1 Å². The van der Waals surface area contributed by atoms with Crippen LogP contribution in [0.3, 0.4) is 0 Å². The van der Waals surface area contributed by atoms with Gasteiger partial charge in [0.2, 0.25) is 5.88 Å². The number of aliphatic carboxylic acids is 1. The van der Waals surface area contributed by atoms with Crippen molar-refractivity contribution in [3.05, 3.63) is 41.7 Å². The Hall–Kier alpha value is -3.21. The number of pyridine rings is 2. The van der Waals surface area contributed by atoms with Crippen molar-refractivity contribution < 1.29 is 32.6 Å². The average Bonchev–Trinajstić information content (AvgIpc) is 2.77. The normalized spacial score (nSPS) is 16.9. The number of rotatable bonds is 3. The second-order valence-electron chi connectivity index (χ2n) is 7.40. The highest BCUT2D eigenvalue weighted by Crippen LogP contribution is 2.38. The van der Waals surface area contributed by atoms with Crippen LogP contribution in [0.4, 0.5) is 13.2 Å². The summed E-state index contributed by atoms with van der Waals surface area (Å²) in [6, 6.07) is 7.84. The van der Waals surface area contributed by atoms with E-state index in [1.165, 1.54) is 0 Å². The number of nitrogens with one attached hydrogen (secondary N) is 2. The van der Waals surface area contributed by atoms with Gasteiger partial charge in [-0.1, -0.05) is 6.07 Å². The first-order chi connectivity index (χ1) is 15.2. The van der Waals surface area contributed by atoms with Crippen LogP contribution in [0.5, 0.6) is 5.88 Å². The molecule has 32 heavy (non-hydrogen) atoms. The minimum atomic E-state index is -5.08. The fraction of sp³-hybridized carbons (Fsp3) is 0.429. The molecule has 0 atom stereocenters. The molecule has 2 aromatic heterocycles. The molecule has 11 heteroatoms. The summed E-state index contributed by atoms with van der Waals surface area (Å²) in [5.41, 5.74) is 3.14. The van der Waals surface area contributed by atoms with Crippen molar-refractivity contribution in [1.29, 1.82) is 0 Å². The third kappa shape index (κ3) is 4.98. The smallest absolute Gasteiger partial charge is 0.477 e. The van der Waals surface area contributed by atoms with Crippen molar-refractivity contribution in [3.63, 3.8) is 0 Å². The maximum Gasteiger partial charge on any atom is 0.490 e. The molecule has 8 nitrogen and oxygen atoms in total. The second-order valence-corrected chi connectivity index (χ2v) is 7.40. The Kier molecular flexibility index (Phi) is 6.97. The zero-order valence-electron chi connectivity index (χ0n) is 17.3. The standard InChI is InChI=1S/C19H22N4O2.C2HF3O2/c1-2-25-18-13(4-3-9-21-18)15-6-5-14-16(23-15)17(24)22-12-19(14)7-10-20-11-8-19;3-2(4,5)1(6)7/h3-6,9,20H,2,7-8,10-12H2,1H3,(H,22,24);(H,6,7). The lowest BCUT2D eigenvalue weighted by atomic mass is 9.70. The Morgan fingerprint density at radius 2 is 1.94 bits per heavy atom. The van der Waals surface area contributed by atoms with Crippen LogP contribution in [0.25, 0.3) is 11.3 Å². The van der Waals surface area contributed by atoms with E-state index in [4.69, 9.17) is 19.6 Å². The van der Waals surface area contributed by atoms with Gasteiger partial charge in [-0.3, -0.25) is 4.79 Å². The quantitative estimate of drug-likeness (QED) is 0.656. The van der Waals surface area contributed by atoms with Crippen molar-refractivity contribution in [2.45, 2.75) is 31.4 Å². The topological polar surface area (TPSA) is 113 Å². The van der Waals surface area contributed by atoms with Crippen molar-refractivity contribution in [2.75, 3.05) is 26.2 Å². The molecule has 0 aromatic carbocycles. The van der Waals surface area contributed by atoms with Gasteiger partial charge in [0.05, 0.1) is 17.9 Å². The lowest BCUT2D eigenvalue weighted by Crippen LogP contribution is -2.52. The lowest BCUT2D eigenvalue weighted by Gasteiger charge is -2.41. The molecule has 1 saturated heterocycles. The Labute approximate surface area is 182 Å². The van der Waals surface area contributed by atoms with E-state index in [0.29, 0.717) is 24.7 Å². The zero-order valence-corrected chi connectivity index (χ0v) is 17.3. The number of aromatic nitrogens is 2. The van der Waals surface area contributed by atoms with Crippen LogP contribution >= 0.6 is 0 Å². The first-order valence-electron chi connectivity index (χ1n) is 10.1. The van der Waals surface area contributed by atoms with E-state index < -0.39 is 12.1 Å². The minimum Gasteiger partial charge on any atom is -0.477 e. The van der Waals surface area contributed by atoms with Crippen molar-refractivity contribution in [2.24, 2.45) is 0 Å². The highest BCUT2D eigenvalue weighted by Gasteiger charge is 2.41. The van der Waals surface area contributed by atoms with Gasteiger partial charge in [-0.15, -0.1) is 0 Å². The van der Waals surface area contributed by atoms with E-state index in [1.54, 1.807) is 6.20 Å². The number of amides is 1. The van der Waals surface area contributed by atoms with E-state index in [-0.39, 0.29) is 11.3 Å². The number of fused-ring (bicyclic) bond motifs is 2. The van der Waals surface area contributed by atoms with Crippen LogP contribution < -0.4 is 15.4 Å². The Balaban J connectivity index is 0.000000360. The summed E-state index contributed by atoms with van der Waals surface area (Å²) in [6.45, 7) is 5.08. The second kappa shape index (κ2) is 9.51. The molecule has 0 saturated carbocycles. The monoisotopic (exact) mass is 452 g/mol. The number of carboxylic acid groups (broad SMARTS) is 1. The van der Waals surface area contributed by atoms with Gasteiger partial charge in [0.1, 0.15) is 5.69 Å². The summed E-state index contributed by atoms with van der Waals surface area (Å²) in [5.74, 6) is -2.30. The first-order valence-corrected chi connectivity index (χ1v) is 10.1. The number of hydrogen-bond donors (Lipinski definition) is 3. The summed E-state index contributed by atoms with van der Waals surface area (Å²) in [5, 5.41) is 13.6. The molecule has 2 aliphatic heterocycles. The van der Waals surface area contributed by atoms with Gasteiger partial charge in [-0.2, -0.15) is 13.2 Å². The predicted octanol–water partition coefficient (Wildman–Crippen LogP) is 2.54. The Morgan fingerprint density at radius 1 is 1.25 bits per heavy atom. The summed E-state index contributed by atoms with van der Waals surface area (Å²) in [6.07, 6.45) is -1.36. The van der Waals surface area contributed by atoms with Gasteiger partial charge in [-0.05, 0) is 56.6 Å². The van der Waals surface area contributed by atoms with E-state index in [2.05, 4.69) is 21.7 Å². The van der Waals surface area contributed by atoms with E-state index >= 15 is 0 Å². The molecule has 2 aliphatic rings. The van der Waals surface area contributed by atoms with Crippen LogP contribution in [0, 0.1) is 0 Å². The van der Waals surface area contributed by atoms with Crippen molar-refractivity contribution in [3.8, 4) is 17.1 Å². The van der Waals surface area contributed by atoms with E-state index in [0.717, 1.165) is 42.8 Å². The maximum absolute atomic E-state index is 12.5. The zero-order chi connectivity index (χ0) is 23.4. The largest absolute Gasteiger partial charge is 0.490 e. The Bertz CT molecular complexity index is 991. The molecule has 0 bridgehead atoms. The molecular weight excluding hydrogens is 429 g/mol. The fourth-order valence-corrected chi connectivity index (χ4v) is 3.83. The highest BCUT2D eigenvalue weighted by atomic mass is 19.4. The number of hydrogen-bond acceptors (Lipinski definition) is 6. The molecule has 2 aromatic rings. The molecule has 1 fully saturated rings. The summed E-state index contributed by atoms with van der Waals surface area (Å²) < 4.78 is 37.3. The van der Waals surface area contributed by atoms with Crippen LogP contribution in [0.15, 0.2) is 30.5 Å². The van der Waals surface area contributed by atoms with Gasteiger partial charge in [0, 0.05) is 18.2 Å². The SMILES string of the molecule is CCOc1ncccc1-c1ccc2c(n1)C(=O)NCC21CCNCC1.O=C(O)C(F)(F)F. The first kappa shape index (κ1) is 23.5. The maximum atomic E-state index is 12.5. The Morgan fingerprint density at radius 3 is 2.56 bits per heavy atom.